The van der Waals surface area contributed by atoms with Gasteiger partial charge in [0.15, 0.2) is 5.82 Å². The summed E-state index contributed by atoms with van der Waals surface area (Å²) in [5.74, 6) is 1.94. The first-order chi connectivity index (χ1) is 12.1. The van der Waals surface area contributed by atoms with Crippen LogP contribution < -0.4 is 4.90 Å². The molecule has 130 valence electrons. The second-order valence-electron chi connectivity index (χ2n) is 6.50. The van der Waals surface area contributed by atoms with Crippen LogP contribution in [0.1, 0.15) is 24.6 Å². The third-order valence-corrected chi connectivity index (χ3v) is 5.39. The van der Waals surface area contributed by atoms with Gasteiger partial charge in [0.25, 0.3) is 0 Å². The van der Waals surface area contributed by atoms with E-state index in [4.69, 9.17) is 16.1 Å². The van der Waals surface area contributed by atoms with Crippen LogP contribution in [0.15, 0.2) is 33.4 Å². The molecule has 3 aromatic rings. The van der Waals surface area contributed by atoms with Crippen molar-refractivity contribution in [3.8, 4) is 0 Å². The molecule has 25 heavy (non-hydrogen) atoms. The lowest BCUT2D eigenvalue weighted by molar-refractivity contribution is 0.370. The second kappa shape index (κ2) is 6.92. The monoisotopic (exact) mass is 420 g/mol. The predicted molar refractivity (Wildman–Crippen MR) is 102 cm³/mol. The van der Waals surface area contributed by atoms with Gasteiger partial charge in [-0.3, -0.25) is 4.98 Å². The zero-order chi connectivity index (χ0) is 17.4. The number of anilines is 1. The van der Waals surface area contributed by atoms with Crippen LogP contribution in [0, 0.1) is 12.8 Å². The molecule has 1 atom stereocenters. The van der Waals surface area contributed by atoms with E-state index in [1.54, 1.807) is 0 Å². The van der Waals surface area contributed by atoms with E-state index in [9.17, 15) is 0 Å². The Bertz CT molecular complexity index is 913. The first-order valence-corrected chi connectivity index (χ1v) is 9.55. The highest BCUT2D eigenvalue weighted by atomic mass is 79.9. The predicted octanol–water partition coefficient (Wildman–Crippen LogP) is 4.80. The van der Waals surface area contributed by atoms with Crippen molar-refractivity contribution in [3.63, 3.8) is 0 Å². The molecular formula is C18H18BrClN4O. The van der Waals surface area contributed by atoms with Crippen LogP contribution in [-0.2, 0) is 6.42 Å². The average molecular weight is 422 g/mol. The number of pyridine rings is 1. The van der Waals surface area contributed by atoms with Gasteiger partial charge in [-0.2, -0.15) is 4.98 Å². The summed E-state index contributed by atoms with van der Waals surface area (Å²) in [5.41, 5.74) is 2.03. The van der Waals surface area contributed by atoms with Gasteiger partial charge in [0.2, 0.25) is 5.89 Å². The van der Waals surface area contributed by atoms with Gasteiger partial charge in [-0.05, 0) is 37.0 Å². The fourth-order valence-electron chi connectivity index (χ4n) is 3.57. The molecule has 0 N–H and O–H groups in total. The van der Waals surface area contributed by atoms with Crippen LogP contribution in [0.2, 0.25) is 5.02 Å². The van der Waals surface area contributed by atoms with Crippen molar-refractivity contribution in [1.29, 1.82) is 0 Å². The van der Waals surface area contributed by atoms with E-state index in [1.165, 1.54) is 12.1 Å². The Morgan fingerprint density at radius 3 is 3.08 bits per heavy atom. The normalized spacial score (nSPS) is 18.0. The number of nitrogens with zero attached hydrogens (tertiary/aromatic N) is 4. The van der Waals surface area contributed by atoms with Crippen LogP contribution in [0.4, 0.5) is 5.69 Å². The molecule has 3 heterocycles. The van der Waals surface area contributed by atoms with Crippen molar-refractivity contribution in [1.82, 2.24) is 15.1 Å². The molecule has 1 saturated heterocycles. The molecule has 0 spiro atoms. The molecule has 1 aromatic carbocycles. The Kier molecular flexibility index (Phi) is 4.65. The van der Waals surface area contributed by atoms with Crippen LogP contribution in [0.5, 0.6) is 0 Å². The summed E-state index contributed by atoms with van der Waals surface area (Å²) in [5, 5.41) is 5.79. The maximum absolute atomic E-state index is 6.37. The standard InChI is InChI=1S/C18H18BrClN4O/c1-11-22-17(23-25-11)7-12-3-2-6-24(10-12)16-4-5-21-18-14(16)8-13(19)9-15(18)20/h4-5,8-9,12H,2-3,6-7,10H2,1H3. The van der Waals surface area contributed by atoms with E-state index in [2.05, 4.69) is 48.1 Å². The number of hydrogen-bond donors (Lipinski definition) is 0. The Morgan fingerprint density at radius 2 is 2.28 bits per heavy atom. The number of hydrogen-bond acceptors (Lipinski definition) is 5. The molecule has 4 rings (SSSR count). The molecule has 0 bridgehead atoms. The number of aryl methyl sites for hydroxylation is 1. The van der Waals surface area contributed by atoms with E-state index in [0.717, 1.165) is 47.1 Å². The van der Waals surface area contributed by atoms with E-state index >= 15 is 0 Å². The summed E-state index contributed by atoms with van der Waals surface area (Å²) in [7, 11) is 0. The van der Waals surface area contributed by atoms with Crippen molar-refractivity contribution < 1.29 is 4.52 Å². The minimum absolute atomic E-state index is 0.511. The number of benzene rings is 1. The number of rotatable bonds is 3. The van der Waals surface area contributed by atoms with Crippen molar-refractivity contribution in [2.45, 2.75) is 26.2 Å². The Balaban J connectivity index is 1.62. The van der Waals surface area contributed by atoms with Crippen LogP contribution in [0.3, 0.4) is 0 Å². The number of piperidine rings is 1. The third-order valence-electron chi connectivity index (χ3n) is 4.64. The van der Waals surface area contributed by atoms with Gasteiger partial charge >= 0.3 is 0 Å². The summed E-state index contributed by atoms with van der Waals surface area (Å²) in [6.45, 7) is 3.83. The molecule has 1 unspecified atom stereocenters. The fraction of sp³-hybridized carbons (Fsp3) is 0.389. The molecule has 1 fully saturated rings. The molecule has 1 aliphatic heterocycles. The Labute approximate surface area is 159 Å². The first kappa shape index (κ1) is 16.8. The van der Waals surface area contributed by atoms with Gasteiger partial charge in [-0.25, -0.2) is 0 Å². The van der Waals surface area contributed by atoms with E-state index in [0.29, 0.717) is 16.8 Å². The average Bonchev–Trinajstić information content (AvgIpc) is 2.99. The highest BCUT2D eigenvalue weighted by molar-refractivity contribution is 9.10. The fourth-order valence-corrected chi connectivity index (χ4v) is 4.43. The molecular weight excluding hydrogens is 404 g/mol. The lowest BCUT2D eigenvalue weighted by Gasteiger charge is -2.34. The SMILES string of the molecule is Cc1nc(CC2CCCN(c3ccnc4c(Cl)cc(Br)cc34)C2)no1. The van der Waals surface area contributed by atoms with Crippen LogP contribution in [0.25, 0.3) is 10.9 Å². The molecule has 5 nitrogen and oxygen atoms in total. The second-order valence-corrected chi connectivity index (χ2v) is 7.82. The molecule has 0 aliphatic carbocycles. The van der Waals surface area contributed by atoms with Crippen LogP contribution >= 0.6 is 27.5 Å². The Hall–Kier alpha value is -1.66. The van der Waals surface area contributed by atoms with Crippen molar-refractivity contribution in [3.05, 3.63) is 45.6 Å². The quantitative estimate of drug-likeness (QED) is 0.608. The van der Waals surface area contributed by atoms with E-state index in [-0.39, 0.29) is 0 Å². The summed E-state index contributed by atoms with van der Waals surface area (Å²) in [4.78, 5) is 11.2. The van der Waals surface area contributed by atoms with Gasteiger partial charge in [-0.1, -0.05) is 32.7 Å². The molecule has 0 saturated carbocycles. The summed E-state index contributed by atoms with van der Waals surface area (Å²) in [6, 6.07) is 6.06. The third kappa shape index (κ3) is 3.51. The lowest BCUT2D eigenvalue weighted by atomic mass is 9.94. The molecule has 2 aromatic heterocycles. The maximum Gasteiger partial charge on any atom is 0.223 e. The lowest BCUT2D eigenvalue weighted by Crippen LogP contribution is -2.36. The van der Waals surface area contributed by atoms with Gasteiger partial charge in [-0.15, -0.1) is 0 Å². The molecule has 0 radical (unpaired) electrons. The molecule has 1 aliphatic rings. The zero-order valence-electron chi connectivity index (χ0n) is 13.9. The van der Waals surface area contributed by atoms with Gasteiger partial charge < -0.3 is 9.42 Å². The maximum atomic E-state index is 6.37. The highest BCUT2D eigenvalue weighted by Crippen LogP contribution is 2.35. The smallest absolute Gasteiger partial charge is 0.223 e. The molecule has 0 amide bonds. The van der Waals surface area contributed by atoms with Gasteiger partial charge in [0, 0.05) is 48.2 Å². The van der Waals surface area contributed by atoms with Crippen molar-refractivity contribution in [2.75, 3.05) is 18.0 Å². The number of fused-ring (bicyclic) bond motifs is 1. The van der Waals surface area contributed by atoms with E-state index in [1.807, 2.05) is 19.2 Å². The van der Waals surface area contributed by atoms with Crippen molar-refractivity contribution in [2.24, 2.45) is 5.92 Å². The van der Waals surface area contributed by atoms with Crippen molar-refractivity contribution >= 4 is 44.1 Å². The van der Waals surface area contributed by atoms with E-state index < -0.39 is 0 Å². The molecule has 7 heteroatoms. The largest absolute Gasteiger partial charge is 0.371 e. The number of halogens is 2. The number of aromatic nitrogens is 3. The van der Waals surface area contributed by atoms with Gasteiger partial charge in [0.05, 0.1) is 10.5 Å². The Morgan fingerprint density at radius 1 is 1.40 bits per heavy atom. The summed E-state index contributed by atoms with van der Waals surface area (Å²) in [6.07, 6.45) is 5.01. The highest BCUT2D eigenvalue weighted by Gasteiger charge is 2.23. The topological polar surface area (TPSA) is 55.1 Å². The van der Waals surface area contributed by atoms with Crippen LogP contribution in [-0.4, -0.2) is 28.2 Å². The minimum Gasteiger partial charge on any atom is -0.371 e. The summed E-state index contributed by atoms with van der Waals surface area (Å²) >= 11 is 9.92. The van der Waals surface area contributed by atoms with Gasteiger partial charge in [0.1, 0.15) is 0 Å². The minimum atomic E-state index is 0.511. The zero-order valence-corrected chi connectivity index (χ0v) is 16.2. The summed E-state index contributed by atoms with van der Waals surface area (Å²) < 4.78 is 6.07. The first-order valence-electron chi connectivity index (χ1n) is 8.38.